The van der Waals surface area contributed by atoms with E-state index in [-0.39, 0.29) is 41.0 Å². The molecule has 1 aromatic carbocycles. The van der Waals surface area contributed by atoms with E-state index in [0.717, 1.165) is 18.5 Å². The second-order valence-electron chi connectivity index (χ2n) is 9.37. The Hall–Kier alpha value is -2.93. The highest BCUT2D eigenvalue weighted by Crippen LogP contribution is 2.48. The van der Waals surface area contributed by atoms with E-state index in [1.54, 1.807) is 6.92 Å². The minimum atomic E-state index is -2.72. The number of carbonyl (C=O) groups is 1. The molecule has 0 radical (unpaired) electrons. The molecule has 1 aliphatic carbocycles. The van der Waals surface area contributed by atoms with Gasteiger partial charge in [-0.1, -0.05) is 11.8 Å². The highest BCUT2D eigenvalue weighted by molar-refractivity contribution is 8.15. The van der Waals surface area contributed by atoms with Crippen LogP contribution in [0.5, 0.6) is 5.88 Å². The molecule has 0 bridgehead atoms. The number of thioether (sulfide) groups is 1. The molecule has 0 spiro atoms. The topological polar surface area (TPSA) is 112 Å². The highest BCUT2D eigenvalue weighted by Gasteiger charge is 2.57. The first kappa shape index (κ1) is 26.1. The summed E-state index contributed by atoms with van der Waals surface area (Å²) in [5, 5.41) is 2.68. The Kier molecular flexibility index (Phi) is 6.90. The molecule has 3 N–H and O–H groups in total. The molecule has 8 nitrogen and oxygen atoms in total. The van der Waals surface area contributed by atoms with Gasteiger partial charge in [0.15, 0.2) is 16.8 Å². The molecule has 1 aliphatic heterocycles. The zero-order valence-electron chi connectivity index (χ0n) is 19.8. The molecular formula is C23H25F4N5O3S. The quantitative estimate of drug-likeness (QED) is 0.497. The van der Waals surface area contributed by atoms with Crippen LogP contribution in [-0.4, -0.2) is 52.0 Å². The lowest BCUT2D eigenvalue weighted by molar-refractivity contribution is 0.0849. The number of nitrogens with one attached hydrogen (secondary N) is 1. The number of ether oxygens (including phenoxy) is 2. The van der Waals surface area contributed by atoms with Gasteiger partial charge in [-0.3, -0.25) is 9.79 Å². The van der Waals surface area contributed by atoms with Crippen LogP contribution in [-0.2, 0) is 10.3 Å². The molecule has 36 heavy (non-hydrogen) atoms. The number of amidine groups is 1. The molecule has 2 aliphatic rings. The van der Waals surface area contributed by atoms with Gasteiger partial charge in [-0.2, -0.15) is 0 Å². The number of halogens is 4. The fourth-order valence-electron chi connectivity index (χ4n) is 4.26. The lowest BCUT2D eigenvalue weighted by Gasteiger charge is -2.41. The van der Waals surface area contributed by atoms with Gasteiger partial charge in [-0.25, -0.2) is 27.5 Å². The van der Waals surface area contributed by atoms with Crippen LogP contribution in [0.3, 0.4) is 0 Å². The van der Waals surface area contributed by atoms with Crippen LogP contribution in [0.25, 0.3) is 0 Å². The van der Waals surface area contributed by atoms with E-state index in [2.05, 4.69) is 20.3 Å². The van der Waals surface area contributed by atoms with Gasteiger partial charge in [0.1, 0.15) is 5.69 Å². The van der Waals surface area contributed by atoms with Crippen molar-refractivity contribution in [2.24, 2.45) is 16.6 Å². The molecule has 2 heterocycles. The van der Waals surface area contributed by atoms with Crippen molar-refractivity contribution in [3.63, 3.8) is 0 Å². The van der Waals surface area contributed by atoms with Crippen molar-refractivity contribution in [2.45, 2.75) is 42.9 Å². The standard InChI is InChI=1S/C23H25F4N5O3S/c1-21(11-34-3)10-22(2,32-20(28)36-21)14-4-13(5-15(24)18(14)25)31-19(33)16-7-30-17(8-29-16)35-9-12-6-23(12,26)27/h4-5,7-8,12H,6,9-11H2,1-3H3,(H2,28,32)(H,31,33)/t12?,21-,22+/m1/s1. The van der Waals surface area contributed by atoms with Crippen molar-refractivity contribution in [3.05, 3.63) is 47.4 Å². The van der Waals surface area contributed by atoms with Gasteiger partial charge in [0, 0.05) is 35.6 Å². The average Bonchev–Trinajstić information content (AvgIpc) is 3.40. The van der Waals surface area contributed by atoms with Gasteiger partial charge in [0.05, 0.1) is 37.1 Å². The van der Waals surface area contributed by atoms with Crippen molar-refractivity contribution in [1.82, 2.24) is 9.97 Å². The molecule has 1 aromatic heterocycles. The lowest BCUT2D eigenvalue weighted by Crippen LogP contribution is -2.43. The van der Waals surface area contributed by atoms with Crippen LogP contribution in [0.1, 0.15) is 42.7 Å². The molecule has 1 fully saturated rings. The Labute approximate surface area is 209 Å². The predicted octanol–water partition coefficient (Wildman–Crippen LogP) is 4.11. The van der Waals surface area contributed by atoms with E-state index < -0.39 is 39.7 Å². The Bertz CT molecular complexity index is 1200. The smallest absolute Gasteiger partial charge is 0.275 e. The van der Waals surface area contributed by atoms with Crippen molar-refractivity contribution in [1.29, 1.82) is 0 Å². The number of aromatic nitrogens is 2. The molecule has 13 heteroatoms. The lowest BCUT2D eigenvalue weighted by atomic mass is 9.83. The number of nitrogens with zero attached hydrogens (tertiary/aromatic N) is 3. The number of benzene rings is 1. The number of aliphatic imine (C=N–C) groups is 1. The first-order valence-corrected chi connectivity index (χ1v) is 11.8. The predicted molar refractivity (Wildman–Crippen MR) is 126 cm³/mol. The first-order valence-electron chi connectivity index (χ1n) is 11.0. The van der Waals surface area contributed by atoms with Crippen LogP contribution >= 0.6 is 11.8 Å². The van der Waals surface area contributed by atoms with E-state index in [9.17, 15) is 22.4 Å². The minimum Gasteiger partial charge on any atom is -0.476 e. The van der Waals surface area contributed by atoms with E-state index in [1.165, 1.54) is 24.9 Å². The Morgan fingerprint density at radius 3 is 2.58 bits per heavy atom. The Balaban J connectivity index is 1.51. The van der Waals surface area contributed by atoms with Gasteiger partial charge >= 0.3 is 0 Å². The largest absolute Gasteiger partial charge is 0.476 e. The van der Waals surface area contributed by atoms with Gasteiger partial charge in [0.2, 0.25) is 5.88 Å². The fraction of sp³-hybridized carbons (Fsp3) is 0.478. The Morgan fingerprint density at radius 1 is 1.25 bits per heavy atom. The number of carbonyl (C=O) groups excluding carboxylic acids is 1. The maximum atomic E-state index is 14.9. The van der Waals surface area contributed by atoms with Crippen molar-refractivity contribution >= 4 is 28.5 Å². The summed E-state index contributed by atoms with van der Waals surface area (Å²) in [6, 6.07) is 2.15. The molecule has 3 atom stereocenters. The third-order valence-corrected chi connectivity index (χ3v) is 7.05. The zero-order chi connectivity index (χ0) is 26.3. The summed E-state index contributed by atoms with van der Waals surface area (Å²) >= 11 is 1.30. The third-order valence-electron chi connectivity index (χ3n) is 5.99. The summed E-state index contributed by atoms with van der Waals surface area (Å²) < 4.78 is 65.4. The van der Waals surface area contributed by atoms with Crippen molar-refractivity contribution < 1.29 is 31.8 Å². The number of methoxy groups -OCH3 is 1. The number of anilines is 1. The SMILES string of the molecule is COC[C@@]1(C)C[C@@](C)(c2cc(NC(=O)c3cnc(OCC4CC4(F)F)cn3)cc(F)c2F)N=C(N)S1. The molecule has 1 unspecified atom stereocenters. The molecule has 4 rings (SSSR count). The molecule has 2 aromatic rings. The maximum Gasteiger partial charge on any atom is 0.275 e. The van der Waals surface area contributed by atoms with E-state index >= 15 is 0 Å². The number of rotatable bonds is 8. The van der Waals surface area contributed by atoms with Gasteiger partial charge in [0.25, 0.3) is 11.8 Å². The molecule has 1 saturated carbocycles. The monoisotopic (exact) mass is 527 g/mol. The normalized spacial score (nSPS) is 26.8. The van der Waals surface area contributed by atoms with Crippen LogP contribution in [0.15, 0.2) is 29.5 Å². The molecular weight excluding hydrogens is 502 g/mol. The van der Waals surface area contributed by atoms with E-state index in [0.29, 0.717) is 13.0 Å². The van der Waals surface area contributed by atoms with E-state index in [4.69, 9.17) is 15.2 Å². The third kappa shape index (κ3) is 5.56. The van der Waals surface area contributed by atoms with Gasteiger partial charge in [-0.05, 0) is 26.3 Å². The van der Waals surface area contributed by atoms with Gasteiger partial charge in [-0.15, -0.1) is 0 Å². The second-order valence-corrected chi connectivity index (χ2v) is 11.0. The van der Waals surface area contributed by atoms with Crippen LogP contribution in [0.2, 0.25) is 0 Å². The summed E-state index contributed by atoms with van der Waals surface area (Å²) in [7, 11) is 1.54. The molecule has 1 amide bonds. The number of hydrogen-bond acceptors (Lipinski definition) is 8. The second kappa shape index (κ2) is 9.51. The van der Waals surface area contributed by atoms with Crippen molar-refractivity contribution in [2.75, 3.05) is 25.6 Å². The fourth-order valence-corrected chi connectivity index (χ4v) is 5.54. The number of hydrogen-bond donors (Lipinski definition) is 2. The maximum absolute atomic E-state index is 14.9. The summed E-state index contributed by atoms with van der Waals surface area (Å²) in [6.45, 7) is 3.63. The Morgan fingerprint density at radius 2 is 1.97 bits per heavy atom. The summed E-state index contributed by atoms with van der Waals surface area (Å²) in [5.41, 5.74) is 4.56. The zero-order valence-corrected chi connectivity index (χ0v) is 20.6. The summed E-state index contributed by atoms with van der Waals surface area (Å²) in [4.78, 5) is 24.9. The number of nitrogens with two attached hydrogens (primary N) is 1. The minimum absolute atomic E-state index is 0.0120. The number of amides is 1. The van der Waals surface area contributed by atoms with Crippen molar-refractivity contribution in [3.8, 4) is 5.88 Å². The molecule has 0 saturated heterocycles. The van der Waals surface area contributed by atoms with Gasteiger partial charge < -0.3 is 20.5 Å². The average molecular weight is 528 g/mol. The summed E-state index contributed by atoms with van der Waals surface area (Å²) in [6.07, 6.45) is 2.28. The summed E-state index contributed by atoms with van der Waals surface area (Å²) in [5.74, 6) is -6.60. The number of alkyl halides is 2. The molecule has 194 valence electrons. The first-order chi connectivity index (χ1) is 16.8. The highest BCUT2D eigenvalue weighted by atomic mass is 32.2. The van der Waals surface area contributed by atoms with Crippen LogP contribution in [0, 0.1) is 17.6 Å². The van der Waals surface area contributed by atoms with Crippen LogP contribution < -0.4 is 15.8 Å². The van der Waals surface area contributed by atoms with Crippen LogP contribution in [0.4, 0.5) is 23.2 Å². The van der Waals surface area contributed by atoms with E-state index in [1.807, 2.05) is 6.92 Å².